The minimum absolute atomic E-state index is 0.123. The van der Waals surface area contributed by atoms with Crippen molar-refractivity contribution >= 4 is 15.9 Å². The van der Waals surface area contributed by atoms with Crippen molar-refractivity contribution in [3.63, 3.8) is 0 Å². The van der Waals surface area contributed by atoms with Gasteiger partial charge < -0.3 is 10.1 Å². The topological polar surface area (TPSA) is 75.7 Å². The number of carbonyl (C=O) groups is 1. The first-order chi connectivity index (χ1) is 12.9. The van der Waals surface area contributed by atoms with E-state index in [1.165, 1.54) is 4.31 Å². The summed E-state index contributed by atoms with van der Waals surface area (Å²) in [5.41, 5.74) is 1.99. The van der Waals surface area contributed by atoms with Crippen molar-refractivity contribution in [2.24, 2.45) is 0 Å². The van der Waals surface area contributed by atoms with E-state index in [0.29, 0.717) is 12.3 Å². The molecule has 0 atom stereocenters. The van der Waals surface area contributed by atoms with Crippen molar-refractivity contribution < 1.29 is 17.9 Å². The fourth-order valence-corrected chi connectivity index (χ4v) is 3.41. The van der Waals surface area contributed by atoms with Gasteiger partial charge in [-0.2, -0.15) is 4.31 Å². The van der Waals surface area contributed by atoms with Crippen molar-refractivity contribution in [2.45, 2.75) is 19.4 Å². The van der Waals surface area contributed by atoms with Crippen LogP contribution in [0, 0.1) is 0 Å². The lowest BCUT2D eigenvalue weighted by Gasteiger charge is -2.20. The number of benzene rings is 2. The zero-order valence-electron chi connectivity index (χ0n) is 15.7. The van der Waals surface area contributed by atoms with Crippen LogP contribution < -0.4 is 10.1 Å². The van der Waals surface area contributed by atoms with Gasteiger partial charge in [0.05, 0.1) is 13.4 Å². The minimum atomic E-state index is -3.42. The first kappa shape index (κ1) is 20.9. The molecule has 0 aliphatic rings. The molecule has 0 aromatic heterocycles. The molecule has 146 valence electrons. The van der Waals surface area contributed by atoms with Gasteiger partial charge in [-0.1, -0.05) is 42.5 Å². The Balaban J connectivity index is 1.83. The van der Waals surface area contributed by atoms with E-state index >= 15 is 0 Å². The number of rotatable bonds is 10. The second-order valence-corrected chi connectivity index (χ2v) is 8.26. The highest BCUT2D eigenvalue weighted by molar-refractivity contribution is 7.88. The fraction of sp³-hybridized carbons (Fsp3) is 0.350. The maximum atomic E-state index is 12.1. The lowest BCUT2D eigenvalue weighted by Crippen LogP contribution is -2.34. The fourth-order valence-electron chi connectivity index (χ4n) is 2.60. The largest absolute Gasteiger partial charge is 0.497 e. The first-order valence-electron chi connectivity index (χ1n) is 8.77. The number of hydrogen-bond donors (Lipinski definition) is 1. The normalized spacial score (nSPS) is 11.4. The van der Waals surface area contributed by atoms with E-state index in [2.05, 4.69) is 5.32 Å². The molecule has 0 heterocycles. The first-order valence-corrected chi connectivity index (χ1v) is 10.6. The highest BCUT2D eigenvalue weighted by Gasteiger charge is 2.18. The summed E-state index contributed by atoms with van der Waals surface area (Å²) < 4.78 is 30.5. The van der Waals surface area contributed by atoms with Crippen LogP contribution in [0.1, 0.15) is 17.5 Å². The summed E-state index contributed by atoms with van der Waals surface area (Å²) in [6, 6.07) is 17.1. The zero-order valence-corrected chi connectivity index (χ0v) is 16.5. The number of methoxy groups -OCH3 is 1. The molecular weight excluding hydrogens is 364 g/mol. The third kappa shape index (κ3) is 7.40. The van der Waals surface area contributed by atoms with E-state index < -0.39 is 10.0 Å². The molecule has 0 radical (unpaired) electrons. The molecule has 7 heteroatoms. The van der Waals surface area contributed by atoms with Crippen LogP contribution in [-0.4, -0.2) is 45.1 Å². The molecule has 0 saturated heterocycles. The molecule has 6 nitrogen and oxygen atoms in total. The van der Waals surface area contributed by atoms with Gasteiger partial charge in [-0.25, -0.2) is 8.42 Å². The number of carbonyl (C=O) groups excluding carboxylic acids is 1. The quantitative estimate of drug-likeness (QED) is 0.675. The van der Waals surface area contributed by atoms with Gasteiger partial charge in [0, 0.05) is 26.1 Å². The second kappa shape index (κ2) is 10.1. The summed E-state index contributed by atoms with van der Waals surface area (Å²) in [6.45, 7) is 0.891. The number of nitrogens with zero attached hydrogens (tertiary/aromatic N) is 1. The van der Waals surface area contributed by atoms with E-state index in [9.17, 15) is 13.2 Å². The maximum Gasteiger partial charge on any atom is 0.221 e. The second-order valence-electron chi connectivity index (χ2n) is 6.28. The summed E-state index contributed by atoms with van der Waals surface area (Å²) in [5.74, 6) is 0.553. The van der Waals surface area contributed by atoms with Gasteiger partial charge in [0.2, 0.25) is 15.9 Å². The molecule has 0 saturated carbocycles. The Bertz CT molecular complexity index is 821. The molecule has 2 aromatic carbocycles. The maximum absolute atomic E-state index is 12.1. The van der Waals surface area contributed by atoms with Crippen LogP contribution in [0.2, 0.25) is 0 Å². The van der Waals surface area contributed by atoms with Gasteiger partial charge in [0.15, 0.2) is 0 Å². The Morgan fingerprint density at radius 3 is 2.30 bits per heavy atom. The SMILES string of the molecule is COc1ccc(CN(CCC(=O)NCCc2ccccc2)S(C)(=O)=O)cc1. The van der Waals surface area contributed by atoms with E-state index in [0.717, 1.165) is 23.8 Å². The van der Waals surface area contributed by atoms with Crippen LogP contribution in [0.5, 0.6) is 5.75 Å². The summed E-state index contributed by atoms with van der Waals surface area (Å²) in [6.07, 6.45) is 2.02. The lowest BCUT2D eigenvalue weighted by atomic mass is 10.1. The summed E-state index contributed by atoms with van der Waals surface area (Å²) in [7, 11) is -1.84. The number of amides is 1. The van der Waals surface area contributed by atoms with Crippen LogP contribution in [-0.2, 0) is 27.8 Å². The van der Waals surface area contributed by atoms with Gasteiger partial charge in [-0.3, -0.25) is 4.79 Å². The zero-order chi connectivity index (χ0) is 19.7. The average molecular weight is 391 g/mol. The number of nitrogens with one attached hydrogen (secondary N) is 1. The van der Waals surface area contributed by atoms with Gasteiger partial charge in [0.25, 0.3) is 0 Å². The Morgan fingerprint density at radius 2 is 1.70 bits per heavy atom. The smallest absolute Gasteiger partial charge is 0.221 e. The van der Waals surface area contributed by atoms with Crippen molar-refractivity contribution in [3.05, 3.63) is 65.7 Å². The number of ether oxygens (including phenoxy) is 1. The van der Waals surface area contributed by atoms with E-state index in [4.69, 9.17) is 4.74 Å². The molecule has 0 aliphatic heterocycles. The van der Waals surface area contributed by atoms with E-state index in [1.54, 1.807) is 19.2 Å². The predicted octanol–water partition coefficient (Wildman–Crippen LogP) is 2.21. The lowest BCUT2D eigenvalue weighted by molar-refractivity contribution is -0.121. The van der Waals surface area contributed by atoms with E-state index in [1.807, 2.05) is 42.5 Å². The van der Waals surface area contributed by atoms with Crippen LogP contribution in [0.4, 0.5) is 0 Å². The standard InChI is InChI=1S/C20H26N2O4S/c1-26-19-10-8-18(9-11-19)16-22(27(2,24)25)15-13-20(23)21-14-12-17-6-4-3-5-7-17/h3-11H,12-16H2,1-2H3,(H,21,23). The summed E-state index contributed by atoms with van der Waals surface area (Å²) >= 11 is 0. The van der Waals surface area contributed by atoms with Gasteiger partial charge in [-0.15, -0.1) is 0 Å². The Morgan fingerprint density at radius 1 is 1.04 bits per heavy atom. The molecule has 27 heavy (non-hydrogen) atoms. The van der Waals surface area contributed by atoms with Crippen molar-refractivity contribution in [2.75, 3.05) is 26.5 Å². The van der Waals surface area contributed by atoms with Crippen molar-refractivity contribution in [3.8, 4) is 5.75 Å². The Labute approximate surface area is 161 Å². The number of hydrogen-bond acceptors (Lipinski definition) is 4. The Hall–Kier alpha value is -2.38. The van der Waals surface area contributed by atoms with E-state index in [-0.39, 0.29) is 25.4 Å². The highest BCUT2D eigenvalue weighted by atomic mass is 32.2. The molecule has 0 spiro atoms. The van der Waals surface area contributed by atoms with Crippen molar-refractivity contribution in [1.82, 2.24) is 9.62 Å². The number of sulfonamides is 1. The van der Waals surface area contributed by atoms with Crippen LogP contribution in [0.15, 0.2) is 54.6 Å². The highest BCUT2D eigenvalue weighted by Crippen LogP contribution is 2.14. The van der Waals surface area contributed by atoms with Crippen LogP contribution in [0.25, 0.3) is 0 Å². The molecule has 2 rings (SSSR count). The third-order valence-corrected chi connectivity index (χ3v) is 5.40. The third-order valence-electron chi connectivity index (χ3n) is 4.15. The summed E-state index contributed by atoms with van der Waals surface area (Å²) in [4.78, 5) is 12.1. The van der Waals surface area contributed by atoms with Gasteiger partial charge in [-0.05, 0) is 29.7 Å². The molecule has 2 aromatic rings. The Kier molecular flexibility index (Phi) is 7.82. The summed E-state index contributed by atoms with van der Waals surface area (Å²) in [5, 5.41) is 2.84. The predicted molar refractivity (Wildman–Crippen MR) is 106 cm³/mol. The molecule has 1 N–H and O–H groups in total. The average Bonchev–Trinajstić information content (AvgIpc) is 2.65. The van der Waals surface area contributed by atoms with Gasteiger partial charge in [0.1, 0.15) is 5.75 Å². The van der Waals surface area contributed by atoms with Crippen LogP contribution in [0.3, 0.4) is 0 Å². The van der Waals surface area contributed by atoms with Crippen LogP contribution >= 0.6 is 0 Å². The molecule has 0 unspecified atom stereocenters. The minimum Gasteiger partial charge on any atom is -0.497 e. The van der Waals surface area contributed by atoms with Gasteiger partial charge >= 0.3 is 0 Å². The molecule has 1 amide bonds. The molecule has 0 fully saturated rings. The molecule has 0 aliphatic carbocycles. The molecular formula is C20H26N2O4S. The van der Waals surface area contributed by atoms with Crippen molar-refractivity contribution in [1.29, 1.82) is 0 Å². The monoisotopic (exact) mass is 390 g/mol. The molecule has 0 bridgehead atoms.